The molecule has 29 heavy (non-hydrogen) atoms. The number of ether oxygens (including phenoxy) is 1. The van der Waals surface area contributed by atoms with E-state index in [4.69, 9.17) is 4.74 Å². The zero-order valence-electron chi connectivity index (χ0n) is 15.3. The van der Waals surface area contributed by atoms with E-state index in [2.05, 4.69) is 21.4 Å². The predicted molar refractivity (Wildman–Crippen MR) is 115 cm³/mol. The second-order valence-corrected chi connectivity index (χ2v) is 7.37. The number of benzene rings is 3. The highest BCUT2D eigenvalue weighted by atomic mass is 79.9. The summed E-state index contributed by atoms with van der Waals surface area (Å²) in [4.78, 5) is 25.0. The molecular weight excluding hydrogens is 432 g/mol. The molecule has 0 atom stereocenters. The van der Waals surface area contributed by atoms with Crippen molar-refractivity contribution in [2.24, 2.45) is 0 Å². The molecule has 0 aromatic heterocycles. The van der Waals surface area contributed by atoms with Crippen LogP contribution in [0, 0.1) is 0 Å². The van der Waals surface area contributed by atoms with Crippen LogP contribution in [0.25, 0.3) is 6.08 Å². The molecule has 1 aliphatic rings. The standard InChI is InChI=1S/C23H17BrN2O3/c24-18-8-10-19(11-9-18)26-23(28)21(22(27)25-26)14-16-6-12-20(13-7-16)29-15-17-4-2-1-3-5-17/h1-14H,15H2,(H,25,27). The molecular formula is C23H17BrN2O3. The molecule has 4 rings (SSSR count). The molecule has 6 heteroatoms. The summed E-state index contributed by atoms with van der Waals surface area (Å²) >= 11 is 3.35. The maximum absolute atomic E-state index is 12.7. The average Bonchev–Trinajstić information content (AvgIpc) is 3.03. The highest BCUT2D eigenvalue weighted by molar-refractivity contribution is 9.10. The van der Waals surface area contributed by atoms with Gasteiger partial charge in [0.2, 0.25) is 0 Å². The highest BCUT2D eigenvalue weighted by Crippen LogP contribution is 2.24. The number of rotatable bonds is 5. The summed E-state index contributed by atoms with van der Waals surface area (Å²) < 4.78 is 6.66. The third-order valence-electron chi connectivity index (χ3n) is 4.42. The van der Waals surface area contributed by atoms with E-state index in [1.165, 1.54) is 5.01 Å². The van der Waals surface area contributed by atoms with E-state index >= 15 is 0 Å². The second-order valence-electron chi connectivity index (χ2n) is 6.46. The van der Waals surface area contributed by atoms with Crippen molar-refractivity contribution in [3.05, 3.63) is 100 Å². The van der Waals surface area contributed by atoms with Crippen LogP contribution >= 0.6 is 15.9 Å². The molecule has 1 fully saturated rings. The van der Waals surface area contributed by atoms with Gasteiger partial charge in [0.05, 0.1) is 5.69 Å². The number of nitrogens with zero attached hydrogens (tertiary/aromatic N) is 1. The van der Waals surface area contributed by atoms with Gasteiger partial charge in [-0.05, 0) is 53.6 Å². The zero-order valence-corrected chi connectivity index (χ0v) is 16.9. The SMILES string of the molecule is O=C1NN(c2ccc(Br)cc2)C(=O)C1=Cc1ccc(OCc2ccccc2)cc1. The van der Waals surface area contributed by atoms with Crippen LogP contribution in [0.1, 0.15) is 11.1 Å². The first-order valence-corrected chi connectivity index (χ1v) is 9.79. The molecule has 0 unspecified atom stereocenters. The van der Waals surface area contributed by atoms with Crippen molar-refractivity contribution >= 4 is 39.5 Å². The molecule has 2 amide bonds. The van der Waals surface area contributed by atoms with Gasteiger partial charge in [0.25, 0.3) is 11.8 Å². The monoisotopic (exact) mass is 448 g/mol. The van der Waals surface area contributed by atoms with Crippen LogP contribution < -0.4 is 15.2 Å². The van der Waals surface area contributed by atoms with Crippen molar-refractivity contribution in [3.8, 4) is 5.75 Å². The third kappa shape index (κ3) is 4.38. The minimum absolute atomic E-state index is 0.0888. The van der Waals surface area contributed by atoms with Crippen molar-refractivity contribution in [2.45, 2.75) is 6.61 Å². The number of hydrazine groups is 1. The molecule has 3 aromatic carbocycles. The number of halogens is 1. The molecule has 0 saturated carbocycles. The fourth-order valence-corrected chi connectivity index (χ4v) is 3.16. The van der Waals surface area contributed by atoms with Gasteiger partial charge in [0.15, 0.2) is 0 Å². The van der Waals surface area contributed by atoms with Crippen molar-refractivity contribution in [1.29, 1.82) is 0 Å². The first-order valence-electron chi connectivity index (χ1n) is 9.00. The quantitative estimate of drug-likeness (QED) is 0.462. The summed E-state index contributed by atoms with van der Waals surface area (Å²) in [6.07, 6.45) is 1.58. The van der Waals surface area contributed by atoms with E-state index in [1.807, 2.05) is 66.7 Å². The number of amides is 2. The smallest absolute Gasteiger partial charge is 0.282 e. The second kappa shape index (κ2) is 8.32. The Kier molecular flexibility index (Phi) is 5.44. The Labute approximate surface area is 176 Å². The lowest BCUT2D eigenvalue weighted by Gasteiger charge is -2.14. The number of carbonyl (C=O) groups excluding carboxylic acids is 2. The molecule has 3 aromatic rings. The molecule has 144 valence electrons. The van der Waals surface area contributed by atoms with E-state index in [0.717, 1.165) is 21.3 Å². The van der Waals surface area contributed by atoms with E-state index in [9.17, 15) is 9.59 Å². The lowest BCUT2D eigenvalue weighted by molar-refractivity contribution is -0.117. The van der Waals surface area contributed by atoms with Crippen LogP contribution in [0.15, 0.2) is 88.9 Å². The number of hydrogen-bond donors (Lipinski definition) is 1. The van der Waals surface area contributed by atoms with Crippen molar-refractivity contribution in [1.82, 2.24) is 5.43 Å². The summed E-state index contributed by atoms with van der Waals surface area (Å²) in [6.45, 7) is 0.477. The largest absolute Gasteiger partial charge is 0.489 e. The predicted octanol–water partition coefficient (Wildman–Crippen LogP) is 4.49. The highest BCUT2D eigenvalue weighted by Gasteiger charge is 2.34. The molecule has 1 heterocycles. The number of anilines is 1. The van der Waals surface area contributed by atoms with Gasteiger partial charge in [-0.1, -0.05) is 58.4 Å². The maximum Gasteiger partial charge on any atom is 0.282 e. The molecule has 1 N–H and O–H groups in total. The lowest BCUT2D eigenvalue weighted by atomic mass is 10.1. The van der Waals surface area contributed by atoms with Crippen LogP contribution in [0.2, 0.25) is 0 Å². The van der Waals surface area contributed by atoms with Crippen LogP contribution in [0.3, 0.4) is 0 Å². The molecule has 0 radical (unpaired) electrons. The first-order chi connectivity index (χ1) is 14.1. The summed E-state index contributed by atoms with van der Waals surface area (Å²) in [5, 5.41) is 1.25. The van der Waals surface area contributed by atoms with Gasteiger partial charge >= 0.3 is 0 Å². The van der Waals surface area contributed by atoms with Crippen LogP contribution in [0.4, 0.5) is 5.69 Å². The van der Waals surface area contributed by atoms with Gasteiger partial charge in [-0.2, -0.15) is 0 Å². The fourth-order valence-electron chi connectivity index (χ4n) is 2.90. The van der Waals surface area contributed by atoms with E-state index in [1.54, 1.807) is 18.2 Å². The van der Waals surface area contributed by atoms with Gasteiger partial charge in [-0.3, -0.25) is 15.0 Å². The number of carbonyl (C=O) groups is 2. The van der Waals surface area contributed by atoms with Crippen LogP contribution in [-0.2, 0) is 16.2 Å². The Morgan fingerprint density at radius 1 is 0.897 bits per heavy atom. The Bertz CT molecular complexity index is 1060. The van der Waals surface area contributed by atoms with Crippen molar-refractivity contribution < 1.29 is 14.3 Å². The van der Waals surface area contributed by atoms with Gasteiger partial charge in [0, 0.05) is 4.47 Å². The third-order valence-corrected chi connectivity index (χ3v) is 4.94. The number of hydrogen-bond acceptors (Lipinski definition) is 3. The molecule has 1 aliphatic heterocycles. The zero-order chi connectivity index (χ0) is 20.2. The molecule has 1 saturated heterocycles. The van der Waals surface area contributed by atoms with Crippen LogP contribution in [-0.4, -0.2) is 11.8 Å². The van der Waals surface area contributed by atoms with Gasteiger partial charge in [-0.25, -0.2) is 5.01 Å². The van der Waals surface area contributed by atoms with E-state index in [0.29, 0.717) is 12.3 Å². The van der Waals surface area contributed by atoms with E-state index in [-0.39, 0.29) is 11.5 Å². The van der Waals surface area contributed by atoms with Crippen molar-refractivity contribution in [3.63, 3.8) is 0 Å². The minimum atomic E-state index is -0.428. The molecule has 5 nitrogen and oxygen atoms in total. The molecule has 0 aliphatic carbocycles. The summed E-state index contributed by atoms with van der Waals surface area (Å²) in [7, 11) is 0. The van der Waals surface area contributed by atoms with Gasteiger partial charge in [-0.15, -0.1) is 0 Å². The summed E-state index contributed by atoms with van der Waals surface area (Å²) in [5.74, 6) is -0.0984. The Hall–Kier alpha value is -3.38. The van der Waals surface area contributed by atoms with Gasteiger partial charge < -0.3 is 4.74 Å². The fraction of sp³-hybridized carbons (Fsp3) is 0.0435. The van der Waals surface area contributed by atoms with E-state index < -0.39 is 5.91 Å². The van der Waals surface area contributed by atoms with Crippen molar-refractivity contribution in [2.75, 3.05) is 5.01 Å². The summed E-state index contributed by atoms with van der Waals surface area (Å²) in [5.41, 5.74) is 5.11. The Morgan fingerprint density at radius 3 is 2.28 bits per heavy atom. The lowest BCUT2D eigenvalue weighted by Crippen LogP contribution is -2.35. The Balaban J connectivity index is 1.46. The average molecular weight is 449 g/mol. The summed E-state index contributed by atoms with van der Waals surface area (Å²) in [6, 6.07) is 24.3. The Morgan fingerprint density at radius 2 is 1.59 bits per heavy atom. The normalized spacial score (nSPS) is 14.9. The number of nitrogens with one attached hydrogen (secondary N) is 1. The van der Waals surface area contributed by atoms with Crippen LogP contribution in [0.5, 0.6) is 5.75 Å². The topological polar surface area (TPSA) is 58.6 Å². The molecule has 0 spiro atoms. The van der Waals surface area contributed by atoms with Gasteiger partial charge in [0.1, 0.15) is 17.9 Å². The maximum atomic E-state index is 12.7. The first kappa shape index (κ1) is 19.0. The minimum Gasteiger partial charge on any atom is -0.489 e. The molecule has 0 bridgehead atoms.